The monoisotopic (exact) mass is 301 g/mol. The highest BCUT2D eigenvalue weighted by molar-refractivity contribution is 7.13. The highest BCUT2D eigenvalue weighted by atomic mass is 35.5. The number of methoxy groups -OCH3 is 1. The standard InChI is InChI=1S/C12H15N3O2S.ClH/c1-16-12(4-6-13-7-5-12)11-14-10(15-17-11)9-3-2-8-18-9;/h2-3,8,13H,4-7H2,1H3;1H. The Bertz CT molecular complexity index is 509. The van der Waals surface area contributed by atoms with E-state index in [-0.39, 0.29) is 12.4 Å². The van der Waals surface area contributed by atoms with Gasteiger partial charge in [0.1, 0.15) is 5.60 Å². The fraction of sp³-hybridized carbons (Fsp3) is 0.500. The van der Waals surface area contributed by atoms with Crippen LogP contribution in [0.1, 0.15) is 18.7 Å². The third-order valence-corrected chi connectivity index (χ3v) is 4.23. The van der Waals surface area contributed by atoms with Gasteiger partial charge in [0, 0.05) is 7.11 Å². The zero-order chi connectivity index (χ0) is 12.4. The van der Waals surface area contributed by atoms with Crippen LogP contribution in [0.5, 0.6) is 0 Å². The molecule has 0 amide bonds. The number of hydrogen-bond donors (Lipinski definition) is 1. The van der Waals surface area contributed by atoms with E-state index < -0.39 is 5.60 Å². The molecule has 2 aromatic rings. The number of aromatic nitrogens is 2. The molecule has 19 heavy (non-hydrogen) atoms. The van der Waals surface area contributed by atoms with Crippen LogP contribution in [0.2, 0.25) is 0 Å². The third kappa shape index (κ3) is 2.67. The zero-order valence-corrected chi connectivity index (χ0v) is 12.2. The Hall–Kier alpha value is -0.950. The Morgan fingerprint density at radius 1 is 1.42 bits per heavy atom. The van der Waals surface area contributed by atoms with Crippen LogP contribution in [0.3, 0.4) is 0 Å². The van der Waals surface area contributed by atoms with E-state index in [0.717, 1.165) is 30.8 Å². The normalized spacial score (nSPS) is 17.9. The van der Waals surface area contributed by atoms with Crippen LogP contribution in [0.4, 0.5) is 0 Å². The van der Waals surface area contributed by atoms with Gasteiger partial charge < -0.3 is 14.6 Å². The summed E-state index contributed by atoms with van der Waals surface area (Å²) in [5, 5.41) is 9.36. The van der Waals surface area contributed by atoms with Crippen molar-refractivity contribution in [2.24, 2.45) is 0 Å². The zero-order valence-electron chi connectivity index (χ0n) is 10.6. The Balaban J connectivity index is 0.00000133. The first-order valence-electron chi connectivity index (χ1n) is 5.98. The summed E-state index contributed by atoms with van der Waals surface area (Å²) in [4.78, 5) is 5.52. The number of hydrogen-bond acceptors (Lipinski definition) is 6. The van der Waals surface area contributed by atoms with Gasteiger partial charge in [0.25, 0.3) is 5.89 Å². The van der Waals surface area contributed by atoms with E-state index in [1.165, 1.54) is 0 Å². The van der Waals surface area contributed by atoms with E-state index in [0.29, 0.717) is 11.7 Å². The molecule has 0 aromatic carbocycles. The number of nitrogens with one attached hydrogen (secondary N) is 1. The molecule has 1 N–H and O–H groups in total. The van der Waals surface area contributed by atoms with Crippen LogP contribution in [-0.2, 0) is 10.3 Å². The number of halogens is 1. The van der Waals surface area contributed by atoms with E-state index in [2.05, 4.69) is 15.5 Å². The summed E-state index contributed by atoms with van der Waals surface area (Å²) in [6, 6.07) is 3.97. The minimum atomic E-state index is -0.423. The first kappa shape index (κ1) is 14.5. The van der Waals surface area contributed by atoms with Crippen molar-refractivity contribution < 1.29 is 9.26 Å². The van der Waals surface area contributed by atoms with Gasteiger partial charge in [-0.25, -0.2) is 0 Å². The summed E-state index contributed by atoms with van der Waals surface area (Å²) in [5.41, 5.74) is -0.423. The number of ether oxygens (including phenoxy) is 1. The summed E-state index contributed by atoms with van der Waals surface area (Å²) in [6.07, 6.45) is 1.71. The third-order valence-electron chi connectivity index (χ3n) is 3.36. The number of rotatable bonds is 3. The molecule has 1 aliphatic heterocycles. The molecule has 0 atom stereocenters. The second-order valence-corrected chi connectivity index (χ2v) is 5.30. The molecule has 0 saturated carbocycles. The fourth-order valence-electron chi connectivity index (χ4n) is 2.25. The first-order chi connectivity index (χ1) is 8.84. The topological polar surface area (TPSA) is 60.2 Å². The average molecular weight is 302 g/mol. The van der Waals surface area contributed by atoms with Gasteiger partial charge in [-0.1, -0.05) is 11.2 Å². The maximum Gasteiger partial charge on any atom is 0.259 e. The minimum absolute atomic E-state index is 0. The van der Waals surface area contributed by atoms with E-state index in [4.69, 9.17) is 9.26 Å². The molecule has 1 saturated heterocycles. The minimum Gasteiger partial charge on any atom is -0.368 e. The smallest absolute Gasteiger partial charge is 0.259 e. The van der Waals surface area contributed by atoms with Crippen LogP contribution in [0.25, 0.3) is 10.7 Å². The Morgan fingerprint density at radius 3 is 2.84 bits per heavy atom. The summed E-state index contributed by atoms with van der Waals surface area (Å²) in [6.45, 7) is 1.81. The van der Waals surface area contributed by atoms with E-state index in [1.54, 1.807) is 18.4 Å². The molecule has 0 spiro atoms. The predicted octanol–water partition coefficient (Wildman–Crippen LogP) is 2.45. The van der Waals surface area contributed by atoms with Crippen LogP contribution in [-0.4, -0.2) is 30.3 Å². The second-order valence-electron chi connectivity index (χ2n) is 4.35. The van der Waals surface area contributed by atoms with Gasteiger partial charge in [-0.3, -0.25) is 0 Å². The lowest BCUT2D eigenvalue weighted by atomic mass is 9.92. The van der Waals surface area contributed by atoms with Crippen molar-refractivity contribution in [2.75, 3.05) is 20.2 Å². The highest BCUT2D eigenvalue weighted by Gasteiger charge is 2.39. The van der Waals surface area contributed by atoms with Crippen molar-refractivity contribution in [3.8, 4) is 10.7 Å². The molecule has 5 nitrogen and oxygen atoms in total. The van der Waals surface area contributed by atoms with Crippen LogP contribution < -0.4 is 5.32 Å². The van der Waals surface area contributed by atoms with Gasteiger partial charge >= 0.3 is 0 Å². The Labute approximate surface area is 121 Å². The molecule has 3 heterocycles. The lowest BCUT2D eigenvalue weighted by molar-refractivity contribution is -0.0622. The van der Waals surface area contributed by atoms with Crippen molar-refractivity contribution in [3.63, 3.8) is 0 Å². The van der Waals surface area contributed by atoms with Gasteiger partial charge in [0.05, 0.1) is 4.88 Å². The average Bonchev–Trinajstić information content (AvgIpc) is 3.10. The summed E-state index contributed by atoms with van der Waals surface area (Å²) >= 11 is 1.60. The molecule has 3 rings (SSSR count). The molecule has 2 aromatic heterocycles. The van der Waals surface area contributed by atoms with Crippen molar-refractivity contribution >= 4 is 23.7 Å². The fourth-order valence-corrected chi connectivity index (χ4v) is 2.90. The number of nitrogens with zero attached hydrogens (tertiary/aromatic N) is 2. The Kier molecular flexibility index (Phi) is 4.57. The maximum atomic E-state index is 5.66. The van der Waals surface area contributed by atoms with Crippen LogP contribution in [0, 0.1) is 0 Å². The molecule has 0 bridgehead atoms. The van der Waals surface area contributed by atoms with Crippen LogP contribution in [0.15, 0.2) is 22.0 Å². The lowest BCUT2D eigenvalue weighted by Gasteiger charge is -2.32. The van der Waals surface area contributed by atoms with Gasteiger partial charge in [0.15, 0.2) is 0 Å². The molecule has 0 aliphatic carbocycles. The molecule has 0 unspecified atom stereocenters. The number of piperidine rings is 1. The molecule has 0 radical (unpaired) electrons. The van der Waals surface area contributed by atoms with Gasteiger partial charge in [0.2, 0.25) is 5.82 Å². The highest BCUT2D eigenvalue weighted by Crippen LogP contribution is 2.34. The number of thiophene rings is 1. The van der Waals surface area contributed by atoms with Crippen LogP contribution >= 0.6 is 23.7 Å². The second kappa shape index (κ2) is 6.00. The first-order valence-corrected chi connectivity index (χ1v) is 6.86. The predicted molar refractivity (Wildman–Crippen MR) is 75.6 cm³/mol. The van der Waals surface area contributed by atoms with Crippen molar-refractivity contribution in [1.82, 2.24) is 15.5 Å². The summed E-state index contributed by atoms with van der Waals surface area (Å²) in [5.74, 6) is 1.24. The van der Waals surface area contributed by atoms with Crippen molar-refractivity contribution in [3.05, 3.63) is 23.4 Å². The molecule has 1 fully saturated rings. The van der Waals surface area contributed by atoms with E-state index >= 15 is 0 Å². The molecular weight excluding hydrogens is 286 g/mol. The van der Waals surface area contributed by atoms with Gasteiger partial charge in [-0.05, 0) is 37.4 Å². The molecular formula is C12H16ClN3O2S. The van der Waals surface area contributed by atoms with Gasteiger partial charge in [-0.15, -0.1) is 23.7 Å². The quantitative estimate of drug-likeness (QED) is 0.943. The molecule has 7 heteroatoms. The maximum absolute atomic E-state index is 5.66. The van der Waals surface area contributed by atoms with E-state index in [1.807, 2.05) is 17.5 Å². The summed E-state index contributed by atoms with van der Waals surface area (Å²) in [7, 11) is 1.71. The summed E-state index contributed by atoms with van der Waals surface area (Å²) < 4.78 is 11.1. The SMILES string of the molecule is COC1(c2nc(-c3cccs3)no2)CCNCC1.Cl. The lowest BCUT2D eigenvalue weighted by Crippen LogP contribution is -2.41. The Morgan fingerprint density at radius 2 is 2.21 bits per heavy atom. The van der Waals surface area contributed by atoms with E-state index in [9.17, 15) is 0 Å². The van der Waals surface area contributed by atoms with Gasteiger partial charge in [-0.2, -0.15) is 4.98 Å². The van der Waals surface area contributed by atoms with Crippen molar-refractivity contribution in [1.29, 1.82) is 0 Å². The largest absolute Gasteiger partial charge is 0.368 e. The van der Waals surface area contributed by atoms with Crippen molar-refractivity contribution in [2.45, 2.75) is 18.4 Å². The molecule has 104 valence electrons. The molecule has 1 aliphatic rings.